The summed E-state index contributed by atoms with van der Waals surface area (Å²) >= 11 is -5.18. The number of hydrogen-bond donors (Lipinski definition) is 0. The van der Waals surface area contributed by atoms with E-state index in [4.69, 9.17) is 3.02 Å². The Kier molecular flexibility index (Phi) is 5.82. The Bertz CT molecular complexity index is 1230. The topological polar surface area (TPSA) is 26.3 Å². The van der Waals surface area contributed by atoms with E-state index in [2.05, 4.69) is 121 Å². The SMILES string of the molecule is O=C([O][Sb]([c]1ccccc1)([c]1ccccc1)([c]1ccccc1)[c]1ccccc1)C12CC3CC(CC(C3)C1)C2. The van der Waals surface area contributed by atoms with Crippen LogP contribution in [0.3, 0.4) is 0 Å². The van der Waals surface area contributed by atoms with Gasteiger partial charge in [-0.05, 0) is 0 Å². The number of carbonyl (C=O) groups is 1. The fraction of sp³-hybridized carbons (Fsp3) is 0.286. The fourth-order valence-corrected chi connectivity index (χ4v) is 24.8. The van der Waals surface area contributed by atoms with Gasteiger partial charge in [-0.1, -0.05) is 0 Å². The zero-order valence-electron chi connectivity index (χ0n) is 21.8. The average Bonchev–Trinajstić information content (AvgIpc) is 2.97. The summed E-state index contributed by atoms with van der Waals surface area (Å²) in [5.74, 6) is 2.08. The molecule has 4 aliphatic carbocycles. The van der Waals surface area contributed by atoms with Crippen molar-refractivity contribution in [1.82, 2.24) is 0 Å². The van der Waals surface area contributed by atoms with E-state index in [1.165, 1.54) is 19.3 Å². The number of hydrogen-bond acceptors (Lipinski definition) is 2. The molecule has 4 fully saturated rings. The molecule has 0 unspecified atom stereocenters. The van der Waals surface area contributed by atoms with Gasteiger partial charge in [-0.25, -0.2) is 0 Å². The summed E-state index contributed by atoms with van der Waals surface area (Å²) in [5, 5.41) is 0. The van der Waals surface area contributed by atoms with Crippen molar-refractivity contribution < 1.29 is 7.81 Å². The summed E-state index contributed by atoms with van der Waals surface area (Å²) in [6.45, 7) is 0. The number of benzene rings is 4. The Hall–Kier alpha value is -2.83. The van der Waals surface area contributed by atoms with E-state index in [0.29, 0.717) is 17.8 Å². The predicted molar refractivity (Wildman–Crippen MR) is 157 cm³/mol. The molecule has 0 N–H and O–H groups in total. The molecular weight excluding hydrogens is 574 g/mol. The van der Waals surface area contributed by atoms with Crippen LogP contribution in [0, 0.1) is 23.2 Å². The van der Waals surface area contributed by atoms with Gasteiger partial charge in [0.05, 0.1) is 0 Å². The Morgan fingerprint density at radius 3 is 1.11 bits per heavy atom. The van der Waals surface area contributed by atoms with Crippen molar-refractivity contribution in [2.75, 3.05) is 0 Å². The summed E-state index contributed by atoms with van der Waals surface area (Å²) in [4.78, 5) is 15.0. The maximum absolute atomic E-state index is 15.0. The molecule has 0 aliphatic heterocycles. The molecule has 4 aromatic rings. The predicted octanol–water partition coefficient (Wildman–Crippen LogP) is 5.27. The second-order valence-electron chi connectivity index (χ2n) is 12.0. The Morgan fingerprint density at radius 1 is 0.526 bits per heavy atom. The molecule has 0 atom stereocenters. The van der Waals surface area contributed by atoms with Gasteiger partial charge in [-0.3, -0.25) is 0 Å². The van der Waals surface area contributed by atoms with Gasteiger partial charge in [0.2, 0.25) is 0 Å². The monoisotopic (exact) mass is 608 g/mol. The quantitative estimate of drug-likeness (QED) is 0.279. The summed E-state index contributed by atoms with van der Waals surface area (Å²) in [6.07, 6.45) is 6.89. The van der Waals surface area contributed by atoms with Crippen molar-refractivity contribution in [3.63, 3.8) is 0 Å². The molecule has 8 rings (SSSR count). The normalized spacial score (nSPS) is 26.8. The van der Waals surface area contributed by atoms with Gasteiger partial charge in [-0.2, -0.15) is 0 Å². The van der Waals surface area contributed by atoms with Gasteiger partial charge in [-0.15, -0.1) is 0 Å². The molecule has 4 aromatic carbocycles. The maximum atomic E-state index is 15.0. The first-order valence-electron chi connectivity index (χ1n) is 14.1. The molecule has 4 saturated carbocycles. The van der Waals surface area contributed by atoms with Crippen molar-refractivity contribution in [1.29, 1.82) is 0 Å². The molecule has 0 saturated heterocycles. The third-order valence-electron chi connectivity index (χ3n) is 9.73. The van der Waals surface area contributed by atoms with Gasteiger partial charge in [0.1, 0.15) is 0 Å². The Labute approximate surface area is 227 Å². The van der Waals surface area contributed by atoms with Crippen LogP contribution >= 0.6 is 0 Å². The average molecular weight is 609 g/mol. The van der Waals surface area contributed by atoms with Crippen LogP contribution in [0.1, 0.15) is 38.5 Å². The first kappa shape index (κ1) is 24.2. The van der Waals surface area contributed by atoms with E-state index < -0.39 is 17.8 Å². The van der Waals surface area contributed by atoms with E-state index in [1.807, 2.05) is 0 Å². The molecule has 0 heterocycles. The van der Waals surface area contributed by atoms with Gasteiger partial charge in [0.15, 0.2) is 0 Å². The number of rotatable bonds is 6. The first-order valence-corrected chi connectivity index (χ1v) is 20.3. The molecule has 0 amide bonds. The van der Waals surface area contributed by atoms with E-state index >= 15 is 4.79 Å². The van der Waals surface area contributed by atoms with Crippen LogP contribution in [0.15, 0.2) is 121 Å². The molecule has 192 valence electrons. The van der Waals surface area contributed by atoms with Crippen LogP contribution in [-0.4, -0.2) is 23.8 Å². The van der Waals surface area contributed by atoms with Crippen molar-refractivity contribution in [2.45, 2.75) is 38.5 Å². The summed E-state index contributed by atoms with van der Waals surface area (Å²) < 4.78 is 12.2. The molecule has 2 nitrogen and oxygen atoms in total. The Balaban J connectivity index is 1.55. The van der Waals surface area contributed by atoms with E-state index in [-0.39, 0.29) is 11.4 Å². The molecule has 4 aliphatic rings. The number of carbonyl (C=O) groups excluding carboxylic acids is 1. The van der Waals surface area contributed by atoms with Gasteiger partial charge in [0, 0.05) is 0 Å². The molecular formula is C35H35O2Sb. The van der Waals surface area contributed by atoms with Crippen LogP contribution in [0.2, 0.25) is 0 Å². The molecule has 0 radical (unpaired) electrons. The standard InChI is InChI=1S/C11H16O2.4C6H5.Sb/c12-10(13)11-4-7-1-8(5-11)3-9(2-7)6-11;4*1-2-4-6-5-3-1;/h7-9H,1-6H2,(H,12,13);4*1-5H;/q;;;;;+1/p-1. The van der Waals surface area contributed by atoms with Crippen LogP contribution in [0.5, 0.6) is 0 Å². The van der Waals surface area contributed by atoms with Crippen molar-refractivity contribution in [2.24, 2.45) is 23.2 Å². The zero-order valence-corrected chi connectivity index (χ0v) is 24.3. The second kappa shape index (κ2) is 9.13. The minimum absolute atomic E-state index is 0.0545. The van der Waals surface area contributed by atoms with Crippen LogP contribution in [0.25, 0.3) is 0 Å². The van der Waals surface area contributed by atoms with Gasteiger partial charge in [0.25, 0.3) is 0 Å². The molecule has 0 aromatic heterocycles. The van der Waals surface area contributed by atoms with Crippen molar-refractivity contribution in [3.05, 3.63) is 121 Å². The zero-order chi connectivity index (χ0) is 25.7. The first-order chi connectivity index (χ1) is 18.6. The molecule has 4 bridgehead atoms. The minimum atomic E-state index is -5.18. The fourth-order valence-electron chi connectivity index (χ4n) is 8.58. The Morgan fingerprint density at radius 2 is 0.816 bits per heavy atom. The summed E-state index contributed by atoms with van der Waals surface area (Å²) in [5.41, 5.74) is -0.352. The summed E-state index contributed by atoms with van der Waals surface area (Å²) in [7, 11) is 0. The second-order valence-corrected chi connectivity index (χ2v) is 24.3. The third kappa shape index (κ3) is 3.42. The third-order valence-corrected chi connectivity index (χ3v) is 25.9. The van der Waals surface area contributed by atoms with Crippen molar-refractivity contribution >= 4 is 37.8 Å². The van der Waals surface area contributed by atoms with E-state index in [1.54, 1.807) is 0 Å². The van der Waals surface area contributed by atoms with Gasteiger partial charge >= 0.3 is 229 Å². The van der Waals surface area contributed by atoms with Gasteiger partial charge < -0.3 is 0 Å². The van der Waals surface area contributed by atoms with E-state index in [9.17, 15) is 0 Å². The van der Waals surface area contributed by atoms with Crippen molar-refractivity contribution in [3.8, 4) is 0 Å². The molecule has 0 spiro atoms. The van der Waals surface area contributed by atoms with E-state index in [0.717, 1.165) is 33.3 Å². The summed E-state index contributed by atoms with van der Waals surface area (Å²) in [6, 6.07) is 42.8. The molecule has 3 heteroatoms. The van der Waals surface area contributed by atoms with Crippen LogP contribution in [-0.2, 0) is 7.81 Å². The van der Waals surface area contributed by atoms with Crippen LogP contribution in [0.4, 0.5) is 0 Å². The molecule has 38 heavy (non-hydrogen) atoms. The van der Waals surface area contributed by atoms with Crippen LogP contribution < -0.4 is 14.0 Å².